The van der Waals surface area contributed by atoms with Crippen molar-refractivity contribution in [1.82, 2.24) is 9.78 Å². The van der Waals surface area contributed by atoms with Crippen LogP contribution in [-0.4, -0.2) is 20.9 Å². The molecule has 0 spiro atoms. The molecule has 0 aliphatic heterocycles. The van der Waals surface area contributed by atoms with Gasteiger partial charge in [-0.3, -0.25) is 4.79 Å². The summed E-state index contributed by atoms with van der Waals surface area (Å²) in [6, 6.07) is 4.91. The lowest BCUT2D eigenvalue weighted by molar-refractivity contribution is -0.136. The Hall–Kier alpha value is -1.52. The predicted octanol–water partition coefficient (Wildman–Crippen LogP) is 2.81. The Morgan fingerprint density at radius 1 is 1.35 bits per heavy atom. The average Bonchev–Trinajstić information content (AvgIpc) is 2.68. The van der Waals surface area contributed by atoms with Gasteiger partial charge in [0.25, 0.3) is 0 Å². The normalized spacial score (nSPS) is 10.5. The summed E-state index contributed by atoms with van der Waals surface area (Å²) in [5.74, 6) is -0.927. The van der Waals surface area contributed by atoms with Crippen LogP contribution in [0, 0.1) is 0 Å². The van der Waals surface area contributed by atoms with Crippen molar-refractivity contribution < 1.29 is 9.90 Å². The first-order valence-corrected chi connectivity index (χ1v) is 5.53. The van der Waals surface area contributed by atoms with Crippen LogP contribution in [0.4, 0.5) is 0 Å². The van der Waals surface area contributed by atoms with Gasteiger partial charge >= 0.3 is 5.97 Å². The number of aromatic nitrogens is 2. The van der Waals surface area contributed by atoms with Crippen LogP contribution < -0.4 is 0 Å². The molecule has 0 bridgehead atoms. The lowest BCUT2D eigenvalue weighted by Gasteiger charge is -2.09. The number of hydrogen-bond acceptors (Lipinski definition) is 2. The highest BCUT2D eigenvalue weighted by molar-refractivity contribution is 6.37. The van der Waals surface area contributed by atoms with Crippen molar-refractivity contribution in [2.75, 3.05) is 0 Å². The largest absolute Gasteiger partial charge is 0.481 e. The first kappa shape index (κ1) is 12.0. The second-order valence-electron chi connectivity index (χ2n) is 3.43. The first-order chi connectivity index (χ1) is 8.08. The fraction of sp³-hybridized carbons (Fsp3) is 0.0909. The predicted molar refractivity (Wildman–Crippen MR) is 64.9 cm³/mol. The van der Waals surface area contributed by atoms with E-state index >= 15 is 0 Å². The van der Waals surface area contributed by atoms with E-state index in [1.807, 2.05) is 0 Å². The molecular weight excluding hydrogens is 263 g/mol. The van der Waals surface area contributed by atoms with Crippen LogP contribution in [-0.2, 0) is 11.2 Å². The molecule has 0 aliphatic carbocycles. The fourth-order valence-corrected chi connectivity index (χ4v) is 2.22. The summed E-state index contributed by atoms with van der Waals surface area (Å²) in [5.41, 5.74) is 1.11. The third kappa shape index (κ3) is 2.60. The topological polar surface area (TPSA) is 55.1 Å². The molecule has 0 aliphatic rings. The van der Waals surface area contributed by atoms with Gasteiger partial charge in [0.2, 0.25) is 0 Å². The van der Waals surface area contributed by atoms with Crippen molar-refractivity contribution in [2.45, 2.75) is 6.42 Å². The molecule has 0 amide bonds. The molecule has 2 aromatic rings. The van der Waals surface area contributed by atoms with Crippen LogP contribution in [0.1, 0.15) is 5.56 Å². The first-order valence-electron chi connectivity index (χ1n) is 4.77. The van der Waals surface area contributed by atoms with Gasteiger partial charge in [0.1, 0.15) is 5.69 Å². The Bertz CT molecular complexity index is 530. The molecule has 1 aromatic carbocycles. The average molecular weight is 271 g/mol. The van der Waals surface area contributed by atoms with Crippen LogP contribution in [0.25, 0.3) is 5.69 Å². The van der Waals surface area contributed by atoms with E-state index in [0.717, 1.165) is 0 Å². The summed E-state index contributed by atoms with van der Waals surface area (Å²) < 4.78 is 1.54. The van der Waals surface area contributed by atoms with Gasteiger partial charge in [-0.05, 0) is 23.8 Å². The summed E-state index contributed by atoms with van der Waals surface area (Å²) in [5, 5.41) is 13.5. The molecular formula is C11H8Cl2N2O2. The Morgan fingerprint density at radius 2 is 2.00 bits per heavy atom. The molecule has 0 saturated heterocycles. The molecule has 1 N–H and O–H groups in total. The van der Waals surface area contributed by atoms with Gasteiger partial charge in [0.15, 0.2) is 0 Å². The van der Waals surface area contributed by atoms with Gasteiger partial charge in [-0.1, -0.05) is 23.2 Å². The number of rotatable bonds is 3. The third-order valence-electron chi connectivity index (χ3n) is 2.17. The maximum atomic E-state index is 10.6. The van der Waals surface area contributed by atoms with Crippen LogP contribution in [0.5, 0.6) is 0 Å². The molecule has 88 valence electrons. The molecule has 6 heteroatoms. The SMILES string of the molecule is O=C(O)Cc1cc(Cl)c(-n2cccn2)c(Cl)c1. The van der Waals surface area contributed by atoms with Crippen molar-refractivity contribution in [3.05, 3.63) is 46.2 Å². The van der Waals surface area contributed by atoms with Gasteiger partial charge in [0.05, 0.1) is 16.5 Å². The summed E-state index contributed by atoms with van der Waals surface area (Å²) in [7, 11) is 0. The van der Waals surface area contributed by atoms with Crippen molar-refractivity contribution >= 4 is 29.2 Å². The maximum absolute atomic E-state index is 10.6. The third-order valence-corrected chi connectivity index (χ3v) is 2.74. The minimum absolute atomic E-state index is 0.112. The molecule has 0 unspecified atom stereocenters. The van der Waals surface area contributed by atoms with Crippen molar-refractivity contribution in [3.63, 3.8) is 0 Å². The lowest BCUT2D eigenvalue weighted by Crippen LogP contribution is -2.02. The summed E-state index contributed by atoms with van der Waals surface area (Å²) >= 11 is 12.1. The summed E-state index contributed by atoms with van der Waals surface area (Å²) in [6.07, 6.45) is 3.21. The highest BCUT2D eigenvalue weighted by Crippen LogP contribution is 2.29. The van der Waals surface area contributed by atoms with Crippen molar-refractivity contribution in [2.24, 2.45) is 0 Å². The van der Waals surface area contributed by atoms with E-state index in [0.29, 0.717) is 21.3 Å². The summed E-state index contributed by atoms with van der Waals surface area (Å²) in [4.78, 5) is 10.6. The number of carboxylic acid groups (broad SMARTS) is 1. The second kappa shape index (κ2) is 4.77. The zero-order valence-corrected chi connectivity index (χ0v) is 10.1. The summed E-state index contributed by atoms with van der Waals surface area (Å²) in [6.45, 7) is 0. The standard InChI is InChI=1S/C11H8Cl2N2O2/c12-8-4-7(6-10(16)17)5-9(13)11(8)15-3-1-2-14-15/h1-5H,6H2,(H,16,17). The van der Waals surface area contributed by atoms with Gasteiger partial charge < -0.3 is 5.11 Å². The number of benzene rings is 1. The van der Waals surface area contributed by atoms with Crippen LogP contribution >= 0.6 is 23.2 Å². The van der Waals surface area contributed by atoms with Crippen LogP contribution in [0.3, 0.4) is 0 Å². The number of aliphatic carboxylic acids is 1. The zero-order valence-electron chi connectivity index (χ0n) is 8.60. The maximum Gasteiger partial charge on any atom is 0.307 e. The Morgan fingerprint density at radius 3 is 2.47 bits per heavy atom. The monoisotopic (exact) mass is 270 g/mol. The minimum atomic E-state index is -0.927. The van der Waals surface area contributed by atoms with E-state index < -0.39 is 5.97 Å². The van der Waals surface area contributed by atoms with Gasteiger partial charge in [-0.15, -0.1) is 0 Å². The Labute approximate surface area is 107 Å². The van der Waals surface area contributed by atoms with Crippen LogP contribution in [0.15, 0.2) is 30.6 Å². The van der Waals surface area contributed by atoms with E-state index in [-0.39, 0.29) is 6.42 Å². The quantitative estimate of drug-likeness (QED) is 0.933. The molecule has 0 radical (unpaired) electrons. The fourth-order valence-electron chi connectivity index (χ4n) is 1.51. The van der Waals surface area contributed by atoms with E-state index in [1.54, 1.807) is 30.6 Å². The molecule has 2 rings (SSSR count). The zero-order chi connectivity index (χ0) is 12.4. The van der Waals surface area contributed by atoms with Crippen LogP contribution in [0.2, 0.25) is 10.0 Å². The molecule has 1 heterocycles. The van der Waals surface area contributed by atoms with E-state index in [9.17, 15) is 4.79 Å². The molecule has 17 heavy (non-hydrogen) atoms. The van der Waals surface area contributed by atoms with Crippen molar-refractivity contribution in [3.8, 4) is 5.69 Å². The number of nitrogens with zero attached hydrogens (tertiary/aromatic N) is 2. The number of hydrogen-bond donors (Lipinski definition) is 1. The molecule has 0 atom stereocenters. The highest BCUT2D eigenvalue weighted by Gasteiger charge is 2.12. The Kier molecular flexibility index (Phi) is 3.36. The molecule has 0 fully saturated rings. The number of carboxylic acids is 1. The minimum Gasteiger partial charge on any atom is -0.481 e. The van der Waals surface area contributed by atoms with Gasteiger partial charge in [-0.25, -0.2) is 4.68 Å². The molecule has 0 saturated carbocycles. The van der Waals surface area contributed by atoms with Gasteiger partial charge in [-0.2, -0.15) is 5.10 Å². The number of carbonyl (C=O) groups is 1. The van der Waals surface area contributed by atoms with E-state index in [2.05, 4.69) is 5.10 Å². The Balaban J connectivity index is 2.46. The molecule has 1 aromatic heterocycles. The highest BCUT2D eigenvalue weighted by atomic mass is 35.5. The van der Waals surface area contributed by atoms with Crippen molar-refractivity contribution in [1.29, 1.82) is 0 Å². The van der Waals surface area contributed by atoms with E-state index in [4.69, 9.17) is 28.3 Å². The van der Waals surface area contributed by atoms with Gasteiger partial charge in [0, 0.05) is 12.4 Å². The van der Waals surface area contributed by atoms with E-state index in [1.165, 1.54) is 4.68 Å². The molecule has 4 nitrogen and oxygen atoms in total. The smallest absolute Gasteiger partial charge is 0.307 e. The number of halogens is 2. The second-order valence-corrected chi connectivity index (χ2v) is 4.24. The lowest BCUT2D eigenvalue weighted by atomic mass is 10.1.